The summed E-state index contributed by atoms with van der Waals surface area (Å²) in [6, 6.07) is 24.6. The number of fused-ring (bicyclic) bond motifs is 3. The van der Waals surface area contributed by atoms with E-state index in [2.05, 4.69) is 63.0 Å². The first kappa shape index (κ1) is 22.7. The SMILES string of the molecule is CNC(=O)C1(c2cccc(Sc3ccc4c(ccc5nnc(-c6ccccn6)n54)c3)c2)CCOCC1. The Bertz CT molecular complexity index is 1560. The van der Waals surface area contributed by atoms with Gasteiger partial charge in [-0.1, -0.05) is 30.0 Å². The molecule has 8 heteroatoms. The van der Waals surface area contributed by atoms with Crippen LogP contribution in [0.3, 0.4) is 0 Å². The van der Waals surface area contributed by atoms with Gasteiger partial charge in [0.05, 0.1) is 10.9 Å². The number of carbonyl (C=O) groups excluding carboxylic acids is 1. The van der Waals surface area contributed by atoms with E-state index in [0.29, 0.717) is 26.1 Å². The zero-order valence-corrected chi connectivity index (χ0v) is 20.7. The summed E-state index contributed by atoms with van der Waals surface area (Å²) in [5, 5.41) is 12.7. The molecule has 1 amide bonds. The van der Waals surface area contributed by atoms with Crippen molar-refractivity contribution in [1.82, 2.24) is 24.9 Å². The number of rotatable bonds is 5. The van der Waals surface area contributed by atoms with Crippen LogP contribution in [-0.4, -0.2) is 45.8 Å². The highest BCUT2D eigenvalue weighted by Gasteiger charge is 2.41. The lowest BCUT2D eigenvalue weighted by Crippen LogP contribution is -2.46. The molecule has 4 heterocycles. The molecule has 0 bridgehead atoms. The molecule has 2 aromatic carbocycles. The fourth-order valence-corrected chi connectivity index (χ4v) is 5.93. The lowest BCUT2D eigenvalue weighted by Gasteiger charge is -2.36. The maximum atomic E-state index is 12.9. The highest BCUT2D eigenvalue weighted by molar-refractivity contribution is 7.99. The average Bonchev–Trinajstić information content (AvgIpc) is 3.38. The summed E-state index contributed by atoms with van der Waals surface area (Å²) in [7, 11) is 1.71. The van der Waals surface area contributed by atoms with Gasteiger partial charge in [-0.15, -0.1) is 10.2 Å². The number of nitrogens with zero attached hydrogens (tertiary/aromatic N) is 4. The van der Waals surface area contributed by atoms with Crippen LogP contribution < -0.4 is 5.32 Å². The van der Waals surface area contributed by atoms with Crippen LogP contribution in [-0.2, 0) is 14.9 Å². The Balaban J connectivity index is 1.35. The quantitative estimate of drug-likeness (QED) is 0.374. The van der Waals surface area contributed by atoms with Crippen molar-refractivity contribution >= 4 is 34.2 Å². The smallest absolute Gasteiger partial charge is 0.230 e. The van der Waals surface area contributed by atoms with Gasteiger partial charge in [0.2, 0.25) is 5.91 Å². The van der Waals surface area contributed by atoms with E-state index in [0.717, 1.165) is 43.4 Å². The third-order valence-electron chi connectivity index (χ3n) is 6.86. The predicted molar refractivity (Wildman–Crippen MR) is 140 cm³/mol. The fourth-order valence-electron chi connectivity index (χ4n) is 5.00. The molecule has 6 rings (SSSR count). The first-order chi connectivity index (χ1) is 17.7. The number of hydrogen-bond acceptors (Lipinski definition) is 6. The van der Waals surface area contributed by atoms with E-state index in [1.54, 1.807) is 25.0 Å². The zero-order chi connectivity index (χ0) is 24.5. The molecule has 0 spiro atoms. The Morgan fingerprint density at radius 3 is 2.64 bits per heavy atom. The fraction of sp³-hybridized carbons (Fsp3) is 0.214. The van der Waals surface area contributed by atoms with E-state index in [1.165, 1.54) is 0 Å². The minimum Gasteiger partial charge on any atom is -0.381 e. The van der Waals surface area contributed by atoms with Crippen LogP contribution in [0, 0.1) is 0 Å². The number of nitrogens with one attached hydrogen (secondary N) is 1. The summed E-state index contributed by atoms with van der Waals surface area (Å²) < 4.78 is 7.62. The second-order valence-corrected chi connectivity index (χ2v) is 10.0. The van der Waals surface area contributed by atoms with Crippen molar-refractivity contribution in [2.45, 2.75) is 28.0 Å². The van der Waals surface area contributed by atoms with Crippen molar-refractivity contribution in [3.63, 3.8) is 0 Å². The minimum absolute atomic E-state index is 0.0559. The van der Waals surface area contributed by atoms with Crippen molar-refractivity contribution in [3.05, 3.63) is 84.6 Å². The molecule has 1 fully saturated rings. The third-order valence-corrected chi connectivity index (χ3v) is 7.84. The van der Waals surface area contributed by atoms with E-state index in [-0.39, 0.29) is 5.91 Å². The second kappa shape index (κ2) is 9.37. The van der Waals surface area contributed by atoms with Gasteiger partial charge in [0.1, 0.15) is 5.69 Å². The summed E-state index contributed by atoms with van der Waals surface area (Å²) in [5.41, 5.74) is 3.09. The number of hydrogen-bond donors (Lipinski definition) is 1. The average molecular weight is 496 g/mol. The lowest BCUT2D eigenvalue weighted by molar-refractivity contribution is -0.130. The van der Waals surface area contributed by atoms with Crippen molar-refractivity contribution in [3.8, 4) is 11.5 Å². The Hall–Kier alpha value is -3.75. The number of likely N-dealkylation sites (N-methyl/N-ethyl adjacent to an activating group) is 1. The molecular formula is C28H25N5O2S. The highest BCUT2D eigenvalue weighted by Crippen LogP contribution is 2.38. The maximum Gasteiger partial charge on any atom is 0.230 e. The molecule has 0 radical (unpaired) electrons. The van der Waals surface area contributed by atoms with E-state index in [1.807, 2.05) is 34.7 Å². The van der Waals surface area contributed by atoms with Gasteiger partial charge in [-0.05, 0) is 78.4 Å². The lowest BCUT2D eigenvalue weighted by atomic mass is 9.73. The first-order valence-electron chi connectivity index (χ1n) is 12.0. The Kier molecular flexibility index (Phi) is 5.91. The van der Waals surface area contributed by atoms with Crippen LogP contribution in [0.4, 0.5) is 0 Å². The van der Waals surface area contributed by atoms with E-state index in [9.17, 15) is 4.79 Å². The summed E-state index contributed by atoms with van der Waals surface area (Å²) in [4.78, 5) is 19.6. The molecule has 7 nitrogen and oxygen atoms in total. The molecule has 0 saturated carbocycles. The number of aromatic nitrogens is 4. The number of benzene rings is 2. The molecule has 1 N–H and O–H groups in total. The number of amides is 1. The van der Waals surface area contributed by atoms with Gasteiger partial charge < -0.3 is 10.1 Å². The van der Waals surface area contributed by atoms with Crippen LogP contribution in [0.1, 0.15) is 18.4 Å². The van der Waals surface area contributed by atoms with Gasteiger partial charge in [0.25, 0.3) is 0 Å². The van der Waals surface area contributed by atoms with Gasteiger partial charge >= 0.3 is 0 Å². The first-order valence-corrected chi connectivity index (χ1v) is 12.8. The molecule has 1 saturated heterocycles. The van der Waals surface area contributed by atoms with E-state index >= 15 is 0 Å². The van der Waals surface area contributed by atoms with Gasteiger partial charge in [0.15, 0.2) is 11.5 Å². The van der Waals surface area contributed by atoms with Gasteiger partial charge in [-0.25, -0.2) is 0 Å². The molecule has 0 atom stereocenters. The number of pyridine rings is 2. The summed E-state index contributed by atoms with van der Waals surface area (Å²) in [5.74, 6) is 0.778. The molecule has 0 unspecified atom stereocenters. The molecule has 3 aromatic heterocycles. The van der Waals surface area contributed by atoms with Crippen molar-refractivity contribution < 1.29 is 9.53 Å². The van der Waals surface area contributed by atoms with Gasteiger partial charge in [-0.3, -0.25) is 14.2 Å². The van der Waals surface area contributed by atoms with Gasteiger partial charge in [0, 0.05) is 36.2 Å². The Morgan fingerprint density at radius 2 is 1.83 bits per heavy atom. The topological polar surface area (TPSA) is 81.4 Å². The minimum atomic E-state index is -0.547. The van der Waals surface area contributed by atoms with Crippen LogP contribution in [0.5, 0.6) is 0 Å². The van der Waals surface area contributed by atoms with Crippen LogP contribution in [0.2, 0.25) is 0 Å². The predicted octanol–water partition coefficient (Wildman–Crippen LogP) is 4.89. The Labute approximate surface area is 212 Å². The standard InChI is InChI=1S/C28H25N5O2S/c1-29-27(34)28(12-15-35-16-13-28)20-5-4-6-21(18-20)36-22-9-10-24-19(17-22)8-11-25-31-32-26(33(24)25)23-7-2-3-14-30-23/h2-11,14,17-18H,12-13,15-16H2,1H3,(H,29,34). The van der Waals surface area contributed by atoms with E-state index < -0.39 is 5.41 Å². The van der Waals surface area contributed by atoms with Crippen molar-refractivity contribution in [2.75, 3.05) is 20.3 Å². The maximum absolute atomic E-state index is 12.9. The van der Waals surface area contributed by atoms with Crippen molar-refractivity contribution in [2.24, 2.45) is 0 Å². The van der Waals surface area contributed by atoms with Crippen LogP contribution in [0.15, 0.2) is 88.8 Å². The van der Waals surface area contributed by atoms with E-state index in [4.69, 9.17) is 4.74 Å². The third kappa shape index (κ3) is 3.92. The molecule has 36 heavy (non-hydrogen) atoms. The molecule has 180 valence electrons. The van der Waals surface area contributed by atoms with Crippen molar-refractivity contribution in [1.29, 1.82) is 0 Å². The highest BCUT2D eigenvalue weighted by atomic mass is 32.2. The van der Waals surface area contributed by atoms with Crippen LogP contribution in [0.25, 0.3) is 28.1 Å². The number of carbonyl (C=O) groups is 1. The largest absolute Gasteiger partial charge is 0.381 e. The normalized spacial score (nSPS) is 15.2. The zero-order valence-electron chi connectivity index (χ0n) is 19.8. The summed E-state index contributed by atoms with van der Waals surface area (Å²) >= 11 is 1.69. The molecule has 1 aliphatic rings. The molecule has 0 aliphatic carbocycles. The molecule has 1 aliphatic heterocycles. The van der Waals surface area contributed by atoms with Crippen LogP contribution >= 0.6 is 11.8 Å². The monoisotopic (exact) mass is 495 g/mol. The molecule has 5 aromatic rings. The molecular weight excluding hydrogens is 470 g/mol. The van der Waals surface area contributed by atoms with Gasteiger partial charge in [-0.2, -0.15) is 0 Å². The summed E-state index contributed by atoms with van der Waals surface area (Å²) in [6.07, 6.45) is 3.13. The summed E-state index contributed by atoms with van der Waals surface area (Å²) in [6.45, 7) is 1.18. The number of ether oxygens (including phenoxy) is 1. The Morgan fingerprint density at radius 1 is 0.972 bits per heavy atom. The second-order valence-electron chi connectivity index (χ2n) is 8.89.